The Labute approximate surface area is 151 Å². The molecule has 1 aliphatic heterocycles. The maximum Gasteiger partial charge on any atom is 0.238 e. The van der Waals surface area contributed by atoms with Crippen LogP contribution >= 0.6 is 0 Å². The smallest absolute Gasteiger partial charge is 0.238 e. The van der Waals surface area contributed by atoms with E-state index in [-0.39, 0.29) is 5.91 Å². The van der Waals surface area contributed by atoms with Gasteiger partial charge in [-0.3, -0.25) is 9.69 Å². The highest BCUT2D eigenvalue weighted by Crippen LogP contribution is 2.22. The quantitative estimate of drug-likeness (QED) is 0.887. The third-order valence-corrected chi connectivity index (χ3v) is 5.32. The first kappa shape index (κ1) is 17.7. The molecule has 0 atom stereocenters. The second kappa shape index (κ2) is 8.30. The Balaban J connectivity index is 1.45. The number of hydrogen-bond acceptors (Lipinski definition) is 2. The number of piperidine rings is 1. The van der Waals surface area contributed by atoms with Crippen LogP contribution in [0, 0.1) is 19.8 Å². The van der Waals surface area contributed by atoms with Crippen molar-refractivity contribution >= 4 is 11.6 Å². The molecule has 0 unspecified atom stereocenters. The number of aryl methyl sites for hydroxylation is 1. The number of nitrogens with one attached hydrogen (secondary N) is 1. The van der Waals surface area contributed by atoms with Gasteiger partial charge in [-0.15, -0.1) is 0 Å². The topological polar surface area (TPSA) is 32.3 Å². The molecule has 0 saturated carbocycles. The molecule has 132 valence electrons. The van der Waals surface area contributed by atoms with E-state index >= 15 is 0 Å². The molecule has 2 aromatic carbocycles. The van der Waals surface area contributed by atoms with Gasteiger partial charge in [-0.2, -0.15) is 0 Å². The van der Waals surface area contributed by atoms with Gasteiger partial charge in [0.2, 0.25) is 5.91 Å². The van der Waals surface area contributed by atoms with Crippen molar-refractivity contribution in [3.63, 3.8) is 0 Å². The highest BCUT2D eigenvalue weighted by molar-refractivity contribution is 5.93. The summed E-state index contributed by atoms with van der Waals surface area (Å²) in [5.74, 6) is 0.830. The van der Waals surface area contributed by atoms with Gasteiger partial charge in [0.15, 0.2) is 0 Å². The molecule has 1 aliphatic rings. The number of amides is 1. The first-order chi connectivity index (χ1) is 12.1. The molecular formula is C22H28N2O. The van der Waals surface area contributed by atoms with Crippen LogP contribution in [0.3, 0.4) is 0 Å². The molecule has 2 aromatic rings. The summed E-state index contributed by atoms with van der Waals surface area (Å²) in [6.07, 6.45) is 3.50. The third-order valence-electron chi connectivity index (χ3n) is 5.32. The summed E-state index contributed by atoms with van der Waals surface area (Å²) in [6, 6.07) is 16.8. The Morgan fingerprint density at radius 2 is 1.76 bits per heavy atom. The highest BCUT2D eigenvalue weighted by atomic mass is 16.2. The van der Waals surface area contributed by atoms with Crippen LogP contribution < -0.4 is 5.32 Å². The molecule has 1 heterocycles. The van der Waals surface area contributed by atoms with Gasteiger partial charge in [-0.25, -0.2) is 0 Å². The van der Waals surface area contributed by atoms with Crippen molar-refractivity contribution in [1.82, 2.24) is 4.90 Å². The average Bonchev–Trinajstić information content (AvgIpc) is 2.62. The Morgan fingerprint density at radius 1 is 1.04 bits per heavy atom. The van der Waals surface area contributed by atoms with Crippen molar-refractivity contribution in [3.05, 3.63) is 65.2 Å². The summed E-state index contributed by atoms with van der Waals surface area (Å²) in [4.78, 5) is 14.6. The van der Waals surface area contributed by atoms with E-state index in [1.165, 1.54) is 24.0 Å². The Hall–Kier alpha value is -2.13. The van der Waals surface area contributed by atoms with Crippen LogP contribution in [0.5, 0.6) is 0 Å². The van der Waals surface area contributed by atoms with E-state index in [2.05, 4.69) is 60.5 Å². The maximum atomic E-state index is 12.4. The van der Waals surface area contributed by atoms with Gasteiger partial charge < -0.3 is 5.32 Å². The molecule has 1 saturated heterocycles. The van der Waals surface area contributed by atoms with E-state index in [9.17, 15) is 4.79 Å². The average molecular weight is 336 g/mol. The molecular weight excluding hydrogens is 308 g/mol. The predicted octanol–water partition coefficient (Wildman–Crippen LogP) is 4.20. The van der Waals surface area contributed by atoms with Gasteiger partial charge >= 0.3 is 0 Å². The van der Waals surface area contributed by atoms with Crippen molar-refractivity contribution < 1.29 is 4.79 Å². The van der Waals surface area contributed by atoms with Crippen LogP contribution in [0.1, 0.15) is 29.5 Å². The lowest BCUT2D eigenvalue weighted by atomic mass is 9.90. The molecule has 0 aromatic heterocycles. The molecule has 25 heavy (non-hydrogen) atoms. The van der Waals surface area contributed by atoms with Gasteiger partial charge in [0.05, 0.1) is 6.54 Å². The molecule has 1 amide bonds. The minimum absolute atomic E-state index is 0.0928. The number of hydrogen-bond donors (Lipinski definition) is 1. The Morgan fingerprint density at radius 3 is 2.48 bits per heavy atom. The first-order valence-corrected chi connectivity index (χ1v) is 9.24. The first-order valence-electron chi connectivity index (χ1n) is 9.24. The largest absolute Gasteiger partial charge is 0.325 e. The lowest BCUT2D eigenvalue weighted by Gasteiger charge is -2.31. The summed E-state index contributed by atoms with van der Waals surface area (Å²) in [5, 5.41) is 3.07. The molecule has 0 spiro atoms. The fourth-order valence-electron chi connectivity index (χ4n) is 3.58. The van der Waals surface area contributed by atoms with Crippen LogP contribution in [0.15, 0.2) is 48.5 Å². The number of likely N-dealkylation sites (tertiary alicyclic amines) is 1. The normalized spacial score (nSPS) is 15.9. The van der Waals surface area contributed by atoms with Gasteiger partial charge in [-0.05, 0) is 74.9 Å². The van der Waals surface area contributed by atoms with E-state index in [0.717, 1.165) is 36.7 Å². The zero-order valence-electron chi connectivity index (χ0n) is 15.3. The third kappa shape index (κ3) is 4.93. The Kier molecular flexibility index (Phi) is 5.87. The lowest BCUT2D eigenvalue weighted by Crippen LogP contribution is -2.39. The minimum atomic E-state index is 0.0928. The van der Waals surface area contributed by atoms with E-state index in [4.69, 9.17) is 0 Å². The van der Waals surface area contributed by atoms with Crippen molar-refractivity contribution in [3.8, 4) is 0 Å². The Bertz CT molecular complexity index is 703. The van der Waals surface area contributed by atoms with Crippen molar-refractivity contribution in [2.45, 2.75) is 33.1 Å². The second-order valence-electron chi connectivity index (χ2n) is 7.20. The van der Waals surface area contributed by atoms with E-state index in [1.54, 1.807) is 0 Å². The lowest BCUT2D eigenvalue weighted by molar-refractivity contribution is -0.117. The molecule has 3 heteroatoms. The number of carbonyl (C=O) groups is 1. The SMILES string of the molecule is Cc1cccc(NC(=O)CN2CCC(Cc3ccccc3)CC2)c1C. The van der Waals surface area contributed by atoms with E-state index in [1.807, 2.05) is 12.1 Å². The molecule has 0 aliphatic carbocycles. The van der Waals surface area contributed by atoms with Crippen molar-refractivity contribution in [2.24, 2.45) is 5.92 Å². The summed E-state index contributed by atoms with van der Waals surface area (Å²) >= 11 is 0. The molecule has 1 fully saturated rings. The number of rotatable bonds is 5. The number of anilines is 1. The standard InChI is InChI=1S/C22H28N2O/c1-17-7-6-10-21(18(17)2)23-22(25)16-24-13-11-20(12-14-24)15-19-8-4-3-5-9-19/h3-10,20H,11-16H2,1-2H3,(H,23,25). The number of benzene rings is 2. The minimum Gasteiger partial charge on any atom is -0.325 e. The monoisotopic (exact) mass is 336 g/mol. The molecule has 0 bridgehead atoms. The van der Waals surface area contributed by atoms with Gasteiger partial charge in [0.1, 0.15) is 0 Å². The molecule has 0 radical (unpaired) electrons. The van der Waals surface area contributed by atoms with Crippen LogP contribution in [-0.2, 0) is 11.2 Å². The second-order valence-corrected chi connectivity index (χ2v) is 7.20. The molecule has 3 nitrogen and oxygen atoms in total. The van der Waals surface area contributed by atoms with Crippen LogP contribution in [-0.4, -0.2) is 30.4 Å². The molecule has 3 rings (SSSR count). The van der Waals surface area contributed by atoms with Crippen molar-refractivity contribution in [1.29, 1.82) is 0 Å². The van der Waals surface area contributed by atoms with Gasteiger partial charge in [0.25, 0.3) is 0 Å². The van der Waals surface area contributed by atoms with Gasteiger partial charge in [-0.1, -0.05) is 42.5 Å². The van der Waals surface area contributed by atoms with Crippen molar-refractivity contribution in [2.75, 3.05) is 25.0 Å². The number of carbonyl (C=O) groups excluding carboxylic acids is 1. The van der Waals surface area contributed by atoms with E-state index in [0.29, 0.717) is 6.54 Å². The van der Waals surface area contributed by atoms with Crippen LogP contribution in [0.25, 0.3) is 0 Å². The van der Waals surface area contributed by atoms with Crippen LogP contribution in [0.2, 0.25) is 0 Å². The van der Waals surface area contributed by atoms with Gasteiger partial charge in [0, 0.05) is 5.69 Å². The number of nitrogens with zero attached hydrogens (tertiary/aromatic N) is 1. The summed E-state index contributed by atoms with van der Waals surface area (Å²) in [6.45, 7) is 6.64. The van der Waals surface area contributed by atoms with Crippen LogP contribution in [0.4, 0.5) is 5.69 Å². The predicted molar refractivity (Wildman–Crippen MR) is 104 cm³/mol. The highest BCUT2D eigenvalue weighted by Gasteiger charge is 2.21. The fourth-order valence-corrected chi connectivity index (χ4v) is 3.58. The molecule has 1 N–H and O–H groups in total. The summed E-state index contributed by atoms with van der Waals surface area (Å²) in [7, 11) is 0. The fraction of sp³-hybridized carbons (Fsp3) is 0.409. The maximum absolute atomic E-state index is 12.4. The zero-order chi connectivity index (χ0) is 17.6. The summed E-state index contributed by atoms with van der Waals surface area (Å²) < 4.78 is 0. The summed E-state index contributed by atoms with van der Waals surface area (Å²) in [5.41, 5.74) is 4.72. The van der Waals surface area contributed by atoms with E-state index < -0.39 is 0 Å². The zero-order valence-corrected chi connectivity index (χ0v) is 15.3.